The lowest BCUT2D eigenvalue weighted by Gasteiger charge is -2.29. The lowest BCUT2D eigenvalue weighted by molar-refractivity contribution is 0.0884. The zero-order valence-electron chi connectivity index (χ0n) is 13.7. The largest absolute Gasteiger partial charge is 0.493 e. The highest BCUT2D eigenvalue weighted by atomic mass is 16.7. The van der Waals surface area contributed by atoms with Crippen LogP contribution in [0.3, 0.4) is 0 Å². The van der Waals surface area contributed by atoms with Crippen LogP contribution < -0.4 is 23.7 Å². The van der Waals surface area contributed by atoms with E-state index >= 15 is 0 Å². The van der Waals surface area contributed by atoms with Crippen LogP contribution in [0.5, 0.6) is 28.7 Å². The van der Waals surface area contributed by atoms with Gasteiger partial charge in [-0.1, -0.05) is 6.07 Å². The van der Waals surface area contributed by atoms with Crippen molar-refractivity contribution in [3.63, 3.8) is 0 Å². The number of benzene rings is 2. The van der Waals surface area contributed by atoms with E-state index in [-0.39, 0.29) is 6.79 Å². The molecule has 0 fully saturated rings. The van der Waals surface area contributed by atoms with Gasteiger partial charge in [0, 0.05) is 24.7 Å². The maximum absolute atomic E-state index is 5.87. The van der Waals surface area contributed by atoms with Crippen LogP contribution in [-0.4, -0.2) is 32.6 Å². The van der Waals surface area contributed by atoms with E-state index in [0.29, 0.717) is 6.73 Å². The molecule has 6 nitrogen and oxygen atoms in total. The second-order valence-electron chi connectivity index (χ2n) is 5.76. The van der Waals surface area contributed by atoms with E-state index < -0.39 is 0 Å². The Morgan fingerprint density at radius 3 is 2.50 bits per heavy atom. The smallest absolute Gasteiger partial charge is 0.231 e. The SMILES string of the molecule is COc1ccc(CN2COc3cc4c(cc3C2)OCO4)cc1OC. The Morgan fingerprint density at radius 2 is 1.71 bits per heavy atom. The number of ether oxygens (including phenoxy) is 5. The Morgan fingerprint density at radius 1 is 0.917 bits per heavy atom. The van der Waals surface area contributed by atoms with E-state index in [9.17, 15) is 0 Å². The van der Waals surface area contributed by atoms with Gasteiger partial charge in [-0.15, -0.1) is 0 Å². The van der Waals surface area contributed by atoms with Gasteiger partial charge in [0.25, 0.3) is 0 Å². The van der Waals surface area contributed by atoms with Gasteiger partial charge in [-0.25, -0.2) is 0 Å². The predicted octanol–water partition coefficient (Wildman–Crippen LogP) is 2.78. The lowest BCUT2D eigenvalue weighted by Crippen LogP contribution is -2.31. The number of rotatable bonds is 4. The summed E-state index contributed by atoms with van der Waals surface area (Å²) < 4.78 is 27.4. The van der Waals surface area contributed by atoms with Crippen LogP contribution in [0.2, 0.25) is 0 Å². The molecule has 2 aromatic carbocycles. The maximum atomic E-state index is 5.87. The molecule has 2 aliphatic rings. The van der Waals surface area contributed by atoms with Gasteiger partial charge in [0.05, 0.1) is 14.2 Å². The van der Waals surface area contributed by atoms with Crippen LogP contribution in [0.1, 0.15) is 11.1 Å². The fourth-order valence-electron chi connectivity index (χ4n) is 3.01. The summed E-state index contributed by atoms with van der Waals surface area (Å²) in [6.45, 7) is 2.35. The number of hydrogen-bond donors (Lipinski definition) is 0. The first-order chi connectivity index (χ1) is 11.8. The molecule has 0 amide bonds. The van der Waals surface area contributed by atoms with Crippen molar-refractivity contribution in [1.82, 2.24) is 4.90 Å². The minimum Gasteiger partial charge on any atom is -0.493 e. The van der Waals surface area contributed by atoms with Crippen LogP contribution in [-0.2, 0) is 13.1 Å². The fourth-order valence-corrected chi connectivity index (χ4v) is 3.01. The molecular weight excluding hydrogens is 310 g/mol. The second kappa shape index (κ2) is 6.13. The molecule has 0 saturated carbocycles. The van der Waals surface area contributed by atoms with E-state index in [2.05, 4.69) is 4.90 Å². The molecule has 2 aliphatic heterocycles. The zero-order valence-corrected chi connectivity index (χ0v) is 13.7. The highest BCUT2D eigenvalue weighted by molar-refractivity contribution is 5.52. The Bertz CT molecular complexity index is 761. The van der Waals surface area contributed by atoms with Crippen LogP contribution in [0.15, 0.2) is 30.3 Å². The van der Waals surface area contributed by atoms with Crippen LogP contribution >= 0.6 is 0 Å². The molecule has 6 heteroatoms. The van der Waals surface area contributed by atoms with Crippen molar-refractivity contribution in [2.45, 2.75) is 13.1 Å². The second-order valence-corrected chi connectivity index (χ2v) is 5.76. The van der Waals surface area contributed by atoms with Crippen molar-refractivity contribution >= 4 is 0 Å². The molecule has 2 heterocycles. The van der Waals surface area contributed by atoms with Crippen molar-refractivity contribution in [3.8, 4) is 28.7 Å². The molecule has 0 aromatic heterocycles. The monoisotopic (exact) mass is 329 g/mol. The van der Waals surface area contributed by atoms with E-state index in [4.69, 9.17) is 23.7 Å². The van der Waals surface area contributed by atoms with Gasteiger partial charge in [0.15, 0.2) is 23.0 Å². The van der Waals surface area contributed by atoms with Crippen molar-refractivity contribution < 1.29 is 23.7 Å². The van der Waals surface area contributed by atoms with Crippen molar-refractivity contribution in [1.29, 1.82) is 0 Å². The Kier molecular flexibility index (Phi) is 3.82. The normalized spacial score (nSPS) is 15.6. The molecule has 2 aromatic rings. The summed E-state index contributed by atoms with van der Waals surface area (Å²) in [4.78, 5) is 2.21. The predicted molar refractivity (Wildman–Crippen MR) is 86.9 cm³/mol. The first kappa shape index (κ1) is 15.0. The van der Waals surface area contributed by atoms with E-state index in [1.807, 2.05) is 30.3 Å². The maximum Gasteiger partial charge on any atom is 0.231 e. The molecule has 0 atom stereocenters. The average molecular weight is 329 g/mol. The quantitative estimate of drug-likeness (QED) is 0.860. The minimum absolute atomic E-state index is 0.271. The third-order valence-corrected chi connectivity index (χ3v) is 4.21. The molecule has 126 valence electrons. The molecule has 0 saturated heterocycles. The van der Waals surface area contributed by atoms with Crippen molar-refractivity contribution in [3.05, 3.63) is 41.5 Å². The third-order valence-electron chi connectivity index (χ3n) is 4.21. The van der Waals surface area contributed by atoms with Crippen LogP contribution in [0.4, 0.5) is 0 Å². The summed E-state index contributed by atoms with van der Waals surface area (Å²) in [6, 6.07) is 9.86. The van der Waals surface area contributed by atoms with Crippen molar-refractivity contribution in [2.75, 3.05) is 27.7 Å². The Hall–Kier alpha value is -2.60. The zero-order chi connectivity index (χ0) is 16.5. The van der Waals surface area contributed by atoms with Gasteiger partial charge >= 0.3 is 0 Å². The van der Waals surface area contributed by atoms with E-state index in [0.717, 1.165) is 53.0 Å². The molecule has 0 radical (unpaired) electrons. The number of nitrogens with zero attached hydrogens (tertiary/aromatic N) is 1. The third kappa shape index (κ3) is 2.69. The fraction of sp³-hybridized carbons (Fsp3) is 0.333. The Labute approximate surface area is 140 Å². The summed E-state index contributed by atoms with van der Waals surface area (Å²) >= 11 is 0. The number of methoxy groups -OCH3 is 2. The first-order valence-corrected chi connectivity index (χ1v) is 7.75. The molecule has 0 bridgehead atoms. The molecule has 4 rings (SSSR count). The molecule has 0 aliphatic carbocycles. The van der Waals surface area contributed by atoms with Crippen LogP contribution in [0, 0.1) is 0 Å². The summed E-state index contributed by atoms with van der Waals surface area (Å²) in [5, 5.41) is 0. The van der Waals surface area contributed by atoms with Gasteiger partial charge in [-0.3, -0.25) is 4.90 Å². The van der Waals surface area contributed by atoms with Gasteiger partial charge in [0.1, 0.15) is 12.5 Å². The first-order valence-electron chi connectivity index (χ1n) is 7.75. The summed E-state index contributed by atoms with van der Waals surface area (Å²) in [6.07, 6.45) is 0. The summed E-state index contributed by atoms with van der Waals surface area (Å²) in [5.74, 6) is 3.86. The molecule has 0 N–H and O–H groups in total. The molecule has 24 heavy (non-hydrogen) atoms. The standard InChI is InChI=1S/C18H19NO5/c1-20-14-4-3-12(5-16(14)21-2)8-19-9-13-6-17-18(24-11-23-17)7-15(13)22-10-19/h3-7H,8-11H2,1-2H3. The Balaban J connectivity index is 1.51. The highest BCUT2D eigenvalue weighted by Gasteiger charge is 2.23. The topological polar surface area (TPSA) is 49.4 Å². The van der Waals surface area contributed by atoms with Crippen molar-refractivity contribution in [2.24, 2.45) is 0 Å². The summed E-state index contributed by atoms with van der Waals surface area (Å²) in [5.41, 5.74) is 2.24. The number of fused-ring (bicyclic) bond motifs is 2. The number of hydrogen-bond acceptors (Lipinski definition) is 6. The lowest BCUT2D eigenvalue weighted by atomic mass is 10.1. The molecule has 0 unspecified atom stereocenters. The van der Waals surface area contributed by atoms with E-state index in [1.54, 1.807) is 14.2 Å². The van der Waals surface area contributed by atoms with Crippen LogP contribution in [0.25, 0.3) is 0 Å². The van der Waals surface area contributed by atoms with Gasteiger partial charge in [-0.2, -0.15) is 0 Å². The van der Waals surface area contributed by atoms with Gasteiger partial charge in [0.2, 0.25) is 6.79 Å². The highest BCUT2D eigenvalue weighted by Crippen LogP contribution is 2.40. The van der Waals surface area contributed by atoms with E-state index in [1.165, 1.54) is 0 Å². The molecule has 0 spiro atoms. The minimum atomic E-state index is 0.271. The average Bonchev–Trinajstić information content (AvgIpc) is 3.06. The molecular formula is C18H19NO5. The van der Waals surface area contributed by atoms with Gasteiger partial charge in [-0.05, 0) is 23.8 Å². The van der Waals surface area contributed by atoms with Gasteiger partial charge < -0.3 is 23.7 Å². The summed E-state index contributed by atoms with van der Waals surface area (Å²) in [7, 11) is 3.28.